The molecule has 1 fully saturated rings. The summed E-state index contributed by atoms with van der Waals surface area (Å²) in [6.45, 7) is 2.25. The highest BCUT2D eigenvalue weighted by molar-refractivity contribution is 7.89. The van der Waals surface area contributed by atoms with E-state index in [2.05, 4.69) is 10.0 Å². The maximum Gasteiger partial charge on any atom is 0.258 e. The fourth-order valence-corrected chi connectivity index (χ4v) is 3.96. The van der Waals surface area contributed by atoms with Gasteiger partial charge in [0.15, 0.2) is 0 Å². The van der Waals surface area contributed by atoms with Crippen molar-refractivity contribution in [3.05, 3.63) is 59.2 Å². The molecular weight excluding hydrogens is 410 g/mol. The maximum absolute atomic E-state index is 14.1. The molecule has 1 amide bonds. The van der Waals surface area contributed by atoms with Crippen LogP contribution in [0.1, 0.15) is 22.3 Å². The quantitative estimate of drug-likeness (QED) is 0.764. The summed E-state index contributed by atoms with van der Waals surface area (Å²) in [4.78, 5) is 12.1. The van der Waals surface area contributed by atoms with Crippen molar-refractivity contribution in [1.82, 2.24) is 4.72 Å². The summed E-state index contributed by atoms with van der Waals surface area (Å²) in [6.07, 6.45) is 0.539. The maximum atomic E-state index is 14.1. The fraction of sp³-hybridized carbons (Fsp3) is 0.278. The Bertz CT molecular complexity index is 978. The molecular formula is C18H20F2N2O4S2. The normalized spacial score (nSPS) is 16.5. The van der Waals surface area contributed by atoms with Crippen LogP contribution in [0.4, 0.5) is 14.5 Å². The Hall–Kier alpha value is -2.01. The average molecular weight is 430 g/mol. The van der Waals surface area contributed by atoms with Gasteiger partial charge in [-0.1, -0.05) is 0 Å². The van der Waals surface area contributed by atoms with Gasteiger partial charge >= 0.3 is 0 Å². The van der Waals surface area contributed by atoms with E-state index in [1.54, 1.807) is 0 Å². The van der Waals surface area contributed by atoms with Crippen molar-refractivity contribution < 1.29 is 26.7 Å². The monoisotopic (exact) mass is 430 g/mol. The molecule has 0 unspecified atom stereocenters. The molecule has 1 heterocycles. The number of ether oxygens (including phenoxy) is 1. The number of hydrogen-bond acceptors (Lipinski definition) is 4. The number of amides is 1. The molecule has 1 aliphatic heterocycles. The molecule has 0 radical (unpaired) electrons. The summed E-state index contributed by atoms with van der Waals surface area (Å²) in [6, 6.07) is 6.53. The first-order valence-corrected chi connectivity index (χ1v) is 9.72. The fourth-order valence-electron chi connectivity index (χ4n) is 2.68. The van der Waals surface area contributed by atoms with Crippen LogP contribution >= 0.6 is 13.5 Å². The van der Waals surface area contributed by atoms with Gasteiger partial charge in [0.2, 0.25) is 10.0 Å². The average Bonchev–Trinajstić information content (AvgIpc) is 3.10. The van der Waals surface area contributed by atoms with Crippen LogP contribution in [0, 0.1) is 18.6 Å². The first-order valence-electron chi connectivity index (χ1n) is 8.23. The molecule has 1 atom stereocenters. The van der Waals surface area contributed by atoms with Gasteiger partial charge in [0.05, 0.1) is 17.1 Å². The summed E-state index contributed by atoms with van der Waals surface area (Å²) in [5.74, 6) is -2.14. The lowest BCUT2D eigenvalue weighted by atomic mass is 10.1. The zero-order valence-electron chi connectivity index (χ0n) is 15.0. The van der Waals surface area contributed by atoms with Crippen molar-refractivity contribution in [3.63, 3.8) is 0 Å². The third-order valence-corrected chi connectivity index (χ3v) is 5.68. The van der Waals surface area contributed by atoms with E-state index in [0.717, 1.165) is 18.2 Å². The second-order valence-electron chi connectivity index (χ2n) is 6.24. The van der Waals surface area contributed by atoms with Crippen LogP contribution in [0.15, 0.2) is 41.3 Å². The first-order chi connectivity index (χ1) is 12.8. The molecule has 1 saturated heterocycles. The number of halogens is 2. The summed E-state index contributed by atoms with van der Waals surface area (Å²) in [7, 11) is -3.93. The molecule has 0 saturated carbocycles. The van der Waals surface area contributed by atoms with Crippen LogP contribution in [-0.2, 0) is 14.8 Å². The molecule has 6 nitrogen and oxygen atoms in total. The van der Waals surface area contributed by atoms with Gasteiger partial charge in [-0.3, -0.25) is 4.79 Å². The van der Waals surface area contributed by atoms with E-state index >= 15 is 0 Å². The molecule has 2 N–H and O–H groups in total. The Labute approximate surface area is 168 Å². The standard InChI is InChI=1S/C18H18F2N2O4S.H2S/c1-11-8-12(2-4-16(11)19)21-18(23)15-9-14(3-5-17(15)20)27(24,25)22-13-6-7-26-10-13;/h2-5,8-9,13,22H,6-7,10H2,1H3,(H,21,23);1H2/t13-;/m0./s1. The SMILES string of the molecule is Cc1cc(NC(=O)c2cc(S(=O)(=O)N[C@H]3CCOC3)ccc2F)ccc1F.S. The van der Waals surface area contributed by atoms with Gasteiger partial charge in [-0.2, -0.15) is 13.5 Å². The number of nitrogens with one attached hydrogen (secondary N) is 2. The number of anilines is 1. The summed E-state index contributed by atoms with van der Waals surface area (Å²) >= 11 is 0. The van der Waals surface area contributed by atoms with E-state index < -0.39 is 33.1 Å². The third-order valence-electron chi connectivity index (χ3n) is 4.16. The smallest absolute Gasteiger partial charge is 0.258 e. The lowest BCUT2D eigenvalue weighted by molar-refractivity contribution is 0.102. The number of hydrogen-bond donors (Lipinski definition) is 2. The van der Waals surface area contributed by atoms with Crippen LogP contribution in [0.25, 0.3) is 0 Å². The molecule has 3 rings (SSSR count). The Morgan fingerprint density at radius 2 is 1.86 bits per heavy atom. The topological polar surface area (TPSA) is 84.5 Å². The highest BCUT2D eigenvalue weighted by Crippen LogP contribution is 2.19. The van der Waals surface area contributed by atoms with Gasteiger partial charge < -0.3 is 10.1 Å². The summed E-state index contributed by atoms with van der Waals surface area (Å²) in [5, 5.41) is 2.44. The summed E-state index contributed by atoms with van der Waals surface area (Å²) in [5.41, 5.74) is 0.155. The first kappa shape index (κ1) is 22.3. The van der Waals surface area contributed by atoms with Gasteiger partial charge in [0.25, 0.3) is 5.91 Å². The predicted molar refractivity (Wildman–Crippen MR) is 105 cm³/mol. The van der Waals surface area contributed by atoms with E-state index in [0.29, 0.717) is 18.6 Å². The van der Waals surface area contributed by atoms with Crippen molar-refractivity contribution >= 4 is 35.1 Å². The number of sulfonamides is 1. The molecule has 28 heavy (non-hydrogen) atoms. The molecule has 152 valence electrons. The van der Waals surface area contributed by atoms with Gasteiger partial charge in [0.1, 0.15) is 11.6 Å². The molecule has 0 bridgehead atoms. The van der Waals surface area contributed by atoms with Gasteiger partial charge in [-0.15, -0.1) is 0 Å². The minimum absolute atomic E-state index is 0. The summed E-state index contributed by atoms with van der Waals surface area (Å²) < 4.78 is 59.9. The zero-order valence-corrected chi connectivity index (χ0v) is 16.8. The number of carbonyl (C=O) groups is 1. The number of benzene rings is 2. The minimum atomic E-state index is -3.93. The molecule has 0 aromatic heterocycles. The van der Waals surface area contributed by atoms with E-state index in [-0.39, 0.29) is 36.7 Å². The van der Waals surface area contributed by atoms with Crippen LogP contribution in [-0.4, -0.2) is 33.6 Å². The lowest BCUT2D eigenvalue weighted by Crippen LogP contribution is -2.35. The van der Waals surface area contributed by atoms with Gasteiger partial charge in [-0.05, 0) is 55.3 Å². The second-order valence-corrected chi connectivity index (χ2v) is 7.96. The molecule has 2 aromatic carbocycles. The van der Waals surface area contributed by atoms with Crippen molar-refractivity contribution in [3.8, 4) is 0 Å². The number of rotatable bonds is 5. The highest BCUT2D eigenvalue weighted by atomic mass is 32.2. The Balaban J connectivity index is 0.00000280. The predicted octanol–water partition coefficient (Wildman–Crippen LogP) is 2.71. The molecule has 10 heteroatoms. The van der Waals surface area contributed by atoms with Crippen LogP contribution in [0.3, 0.4) is 0 Å². The van der Waals surface area contributed by atoms with E-state index in [1.807, 2.05) is 0 Å². The van der Waals surface area contributed by atoms with Gasteiger partial charge in [0, 0.05) is 18.3 Å². The van der Waals surface area contributed by atoms with Crippen molar-refractivity contribution in [2.45, 2.75) is 24.3 Å². The Kier molecular flexibility index (Phi) is 7.16. The van der Waals surface area contributed by atoms with Gasteiger partial charge in [-0.25, -0.2) is 21.9 Å². The molecule has 0 spiro atoms. The zero-order chi connectivity index (χ0) is 19.6. The third kappa shape index (κ3) is 5.07. The van der Waals surface area contributed by atoms with Crippen molar-refractivity contribution in [2.75, 3.05) is 18.5 Å². The number of aryl methyl sites for hydroxylation is 1. The van der Waals surface area contributed by atoms with E-state index in [1.165, 1.54) is 25.1 Å². The minimum Gasteiger partial charge on any atom is -0.380 e. The second kappa shape index (κ2) is 8.99. The van der Waals surface area contributed by atoms with E-state index in [9.17, 15) is 22.0 Å². The van der Waals surface area contributed by atoms with Crippen LogP contribution < -0.4 is 10.0 Å². The number of carbonyl (C=O) groups excluding carboxylic acids is 1. The Morgan fingerprint density at radius 3 is 2.50 bits per heavy atom. The molecule has 2 aromatic rings. The molecule has 1 aliphatic rings. The Morgan fingerprint density at radius 1 is 1.14 bits per heavy atom. The largest absolute Gasteiger partial charge is 0.380 e. The van der Waals surface area contributed by atoms with E-state index in [4.69, 9.17) is 4.74 Å². The lowest BCUT2D eigenvalue weighted by Gasteiger charge is -2.13. The van der Waals surface area contributed by atoms with Crippen LogP contribution in [0.5, 0.6) is 0 Å². The highest BCUT2D eigenvalue weighted by Gasteiger charge is 2.25. The molecule has 0 aliphatic carbocycles. The van der Waals surface area contributed by atoms with Crippen molar-refractivity contribution in [2.24, 2.45) is 0 Å². The van der Waals surface area contributed by atoms with Crippen molar-refractivity contribution in [1.29, 1.82) is 0 Å². The van der Waals surface area contributed by atoms with Crippen LogP contribution in [0.2, 0.25) is 0 Å².